The van der Waals surface area contributed by atoms with Crippen molar-refractivity contribution in [2.45, 2.75) is 6.61 Å². The van der Waals surface area contributed by atoms with Crippen LogP contribution in [0.2, 0.25) is 0 Å². The Hall–Kier alpha value is -3.72. The Kier molecular flexibility index (Phi) is 7.56. The van der Waals surface area contributed by atoms with Gasteiger partial charge < -0.3 is 4.74 Å². The molecular formula is C23H22FN3O4S. The summed E-state index contributed by atoms with van der Waals surface area (Å²) in [6.07, 6.45) is 2.36. The van der Waals surface area contributed by atoms with E-state index in [9.17, 15) is 17.6 Å². The van der Waals surface area contributed by atoms with Crippen molar-refractivity contribution in [3.05, 3.63) is 95.8 Å². The van der Waals surface area contributed by atoms with E-state index >= 15 is 0 Å². The maximum absolute atomic E-state index is 13.5. The fourth-order valence-corrected chi connectivity index (χ4v) is 3.62. The Labute approximate surface area is 186 Å². The van der Waals surface area contributed by atoms with Crippen molar-refractivity contribution >= 4 is 27.8 Å². The lowest BCUT2D eigenvalue weighted by Gasteiger charge is -2.21. The number of ether oxygens (including phenoxy) is 1. The predicted molar refractivity (Wildman–Crippen MR) is 122 cm³/mol. The third kappa shape index (κ3) is 6.92. The first kappa shape index (κ1) is 23.0. The van der Waals surface area contributed by atoms with Crippen molar-refractivity contribution in [3.63, 3.8) is 0 Å². The highest BCUT2D eigenvalue weighted by Gasteiger charge is 2.21. The van der Waals surface area contributed by atoms with Crippen LogP contribution in [-0.2, 0) is 21.4 Å². The van der Waals surface area contributed by atoms with E-state index in [1.165, 1.54) is 24.4 Å². The number of carbonyl (C=O) groups is 1. The molecule has 3 rings (SSSR count). The molecule has 0 aliphatic carbocycles. The molecule has 0 radical (unpaired) electrons. The minimum Gasteiger partial charge on any atom is -0.489 e. The summed E-state index contributed by atoms with van der Waals surface area (Å²) in [6.45, 7) is -0.0849. The van der Waals surface area contributed by atoms with Crippen LogP contribution in [0.15, 0.2) is 84.0 Å². The van der Waals surface area contributed by atoms with Crippen LogP contribution in [0.3, 0.4) is 0 Å². The predicted octanol–water partition coefficient (Wildman–Crippen LogP) is 3.32. The number of carbonyl (C=O) groups excluding carboxylic acids is 1. The van der Waals surface area contributed by atoms with Gasteiger partial charge in [0.05, 0.1) is 18.2 Å². The second-order valence-corrected chi connectivity index (χ2v) is 8.79. The molecule has 0 atom stereocenters. The number of nitrogens with one attached hydrogen (secondary N) is 1. The molecule has 1 N–H and O–H groups in total. The van der Waals surface area contributed by atoms with Crippen LogP contribution in [-0.4, -0.2) is 33.3 Å². The largest absolute Gasteiger partial charge is 0.489 e. The number of hydrazone groups is 1. The fraction of sp³-hybridized carbons (Fsp3) is 0.130. The van der Waals surface area contributed by atoms with Gasteiger partial charge in [-0.3, -0.25) is 9.10 Å². The maximum Gasteiger partial charge on any atom is 0.260 e. The molecule has 0 unspecified atom stereocenters. The Bertz CT molecular complexity index is 1180. The van der Waals surface area contributed by atoms with Gasteiger partial charge in [0, 0.05) is 0 Å². The first-order valence-corrected chi connectivity index (χ1v) is 11.5. The molecule has 0 saturated heterocycles. The van der Waals surface area contributed by atoms with Gasteiger partial charge in [-0.1, -0.05) is 36.4 Å². The Balaban J connectivity index is 1.54. The highest BCUT2D eigenvalue weighted by atomic mass is 32.2. The van der Waals surface area contributed by atoms with Gasteiger partial charge >= 0.3 is 0 Å². The second-order valence-electron chi connectivity index (χ2n) is 6.89. The van der Waals surface area contributed by atoms with E-state index in [1.807, 2.05) is 30.3 Å². The van der Waals surface area contributed by atoms with Crippen molar-refractivity contribution in [1.82, 2.24) is 5.43 Å². The third-order valence-electron chi connectivity index (χ3n) is 4.32. The van der Waals surface area contributed by atoms with Crippen LogP contribution in [0.1, 0.15) is 11.1 Å². The number of hydrogen-bond acceptors (Lipinski definition) is 5. The molecule has 32 heavy (non-hydrogen) atoms. The quantitative estimate of drug-likeness (QED) is 0.396. The molecule has 0 saturated carbocycles. The van der Waals surface area contributed by atoms with Gasteiger partial charge in [0.1, 0.15) is 24.7 Å². The van der Waals surface area contributed by atoms with Crippen LogP contribution in [0.25, 0.3) is 0 Å². The van der Waals surface area contributed by atoms with Gasteiger partial charge in [0.15, 0.2) is 0 Å². The normalized spacial score (nSPS) is 11.3. The van der Waals surface area contributed by atoms with Crippen molar-refractivity contribution in [1.29, 1.82) is 0 Å². The van der Waals surface area contributed by atoms with E-state index < -0.39 is 28.3 Å². The van der Waals surface area contributed by atoms with Gasteiger partial charge in [-0.05, 0) is 53.6 Å². The zero-order valence-corrected chi connectivity index (χ0v) is 18.1. The first-order chi connectivity index (χ1) is 15.3. The van der Waals surface area contributed by atoms with Crippen LogP contribution in [0.4, 0.5) is 10.1 Å². The molecule has 9 heteroatoms. The molecule has 0 aliphatic heterocycles. The number of nitrogens with zero attached hydrogens (tertiary/aromatic N) is 2. The average Bonchev–Trinajstić information content (AvgIpc) is 2.77. The van der Waals surface area contributed by atoms with Gasteiger partial charge in [-0.2, -0.15) is 5.10 Å². The van der Waals surface area contributed by atoms with Gasteiger partial charge in [-0.25, -0.2) is 18.2 Å². The minimum absolute atomic E-state index is 0.0534. The molecule has 3 aromatic rings. The summed E-state index contributed by atoms with van der Waals surface area (Å²) in [5.74, 6) is -0.585. The topological polar surface area (TPSA) is 88.1 Å². The highest BCUT2D eigenvalue weighted by Crippen LogP contribution is 2.18. The highest BCUT2D eigenvalue weighted by molar-refractivity contribution is 7.92. The van der Waals surface area contributed by atoms with Crippen molar-refractivity contribution < 1.29 is 22.3 Å². The summed E-state index contributed by atoms with van der Waals surface area (Å²) in [5.41, 5.74) is 4.10. The zero-order valence-electron chi connectivity index (χ0n) is 17.3. The number of halogens is 1. The van der Waals surface area contributed by atoms with E-state index in [-0.39, 0.29) is 5.69 Å². The molecule has 0 bridgehead atoms. The lowest BCUT2D eigenvalue weighted by atomic mass is 10.2. The number of sulfonamides is 1. The van der Waals surface area contributed by atoms with Gasteiger partial charge in [0.2, 0.25) is 10.0 Å². The molecular weight excluding hydrogens is 433 g/mol. The summed E-state index contributed by atoms with van der Waals surface area (Å²) in [5, 5.41) is 3.85. The Morgan fingerprint density at radius 3 is 2.44 bits per heavy atom. The Morgan fingerprint density at radius 1 is 1.06 bits per heavy atom. The maximum atomic E-state index is 13.5. The lowest BCUT2D eigenvalue weighted by Crippen LogP contribution is -2.39. The van der Waals surface area contributed by atoms with E-state index in [1.54, 1.807) is 24.3 Å². The smallest absolute Gasteiger partial charge is 0.260 e. The molecule has 0 spiro atoms. The van der Waals surface area contributed by atoms with Crippen molar-refractivity contribution in [3.8, 4) is 5.75 Å². The van der Waals surface area contributed by atoms with Crippen LogP contribution < -0.4 is 14.5 Å². The van der Waals surface area contributed by atoms with E-state index in [2.05, 4.69) is 10.5 Å². The standard InChI is InChI=1S/C23H22FN3O4S/c1-32(29,30)27(21-9-5-8-20(24)14-21)16-23(28)26-25-15-18-10-12-22(13-11-18)31-17-19-6-3-2-4-7-19/h2-15H,16-17H2,1H3,(H,26,28)/b25-15-. The van der Waals surface area contributed by atoms with Crippen molar-refractivity contribution in [2.24, 2.45) is 5.10 Å². The number of anilines is 1. The molecule has 0 aromatic heterocycles. The molecule has 0 aliphatic rings. The summed E-state index contributed by atoms with van der Waals surface area (Å²) >= 11 is 0. The number of rotatable bonds is 9. The van der Waals surface area contributed by atoms with E-state index in [0.29, 0.717) is 17.9 Å². The third-order valence-corrected chi connectivity index (χ3v) is 5.46. The molecule has 0 fully saturated rings. The van der Waals surface area contributed by atoms with Gasteiger partial charge in [0.25, 0.3) is 5.91 Å². The second kappa shape index (κ2) is 10.5. The average molecular weight is 456 g/mol. The molecule has 7 nitrogen and oxygen atoms in total. The summed E-state index contributed by atoms with van der Waals surface area (Å²) < 4.78 is 44.0. The van der Waals surface area contributed by atoms with Crippen LogP contribution in [0.5, 0.6) is 5.75 Å². The monoisotopic (exact) mass is 455 g/mol. The molecule has 3 aromatic carbocycles. The zero-order chi connectivity index (χ0) is 23.0. The van der Waals surface area contributed by atoms with Crippen LogP contribution >= 0.6 is 0 Å². The van der Waals surface area contributed by atoms with E-state index in [0.717, 1.165) is 22.2 Å². The fourth-order valence-electron chi connectivity index (χ4n) is 2.77. The first-order valence-electron chi connectivity index (χ1n) is 9.63. The number of hydrogen-bond donors (Lipinski definition) is 1. The number of amides is 1. The number of benzene rings is 3. The lowest BCUT2D eigenvalue weighted by molar-refractivity contribution is -0.119. The minimum atomic E-state index is -3.80. The van der Waals surface area contributed by atoms with Crippen molar-refractivity contribution in [2.75, 3.05) is 17.1 Å². The summed E-state index contributed by atoms with van der Waals surface area (Å²) in [4.78, 5) is 12.2. The summed E-state index contributed by atoms with van der Waals surface area (Å²) in [7, 11) is -3.80. The molecule has 166 valence electrons. The summed E-state index contributed by atoms with van der Waals surface area (Å²) in [6, 6.07) is 21.9. The Morgan fingerprint density at radius 2 is 1.78 bits per heavy atom. The van der Waals surface area contributed by atoms with Gasteiger partial charge in [-0.15, -0.1) is 0 Å². The van der Waals surface area contributed by atoms with E-state index in [4.69, 9.17) is 4.74 Å². The SMILES string of the molecule is CS(=O)(=O)N(CC(=O)N/N=C\c1ccc(OCc2ccccc2)cc1)c1cccc(F)c1. The molecule has 0 heterocycles. The molecule has 1 amide bonds. The van der Waals surface area contributed by atoms with Crippen LogP contribution in [0, 0.1) is 5.82 Å².